The van der Waals surface area contributed by atoms with Crippen LogP contribution in [0.3, 0.4) is 0 Å². The van der Waals surface area contributed by atoms with Gasteiger partial charge in [0.2, 0.25) is 0 Å². The fraction of sp³-hybridized carbons (Fsp3) is 0.455. The van der Waals surface area contributed by atoms with Gasteiger partial charge in [0, 0.05) is 25.4 Å². The highest BCUT2D eigenvalue weighted by molar-refractivity contribution is 5.66. The van der Waals surface area contributed by atoms with E-state index in [-0.39, 0.29) is 18.0 Å². The molecule has 6 nitrogen and oxygen atoms in total. The molecule has 1 heterocycles. The van der Waals surface area contributed by atoms with E-state index in [1.807, 2.05) is 13.0 Å². The largest absolute Gasteiger partial charge is 0.481 e. The van der Waals surface area contributed by atoms with Gasteiger partial charge in [-0.05, 0) is 12.3 Å². The predicted molar refractivity (Wildman–Crippen MR) is 61.3 cm³/mol. The number of nitrogens with one attached hydrogen (secondary N) is 1. The highest BCUT2D eigenvalue weighted by Gasteiger charge is 2.08. The molecule has 0 bridgehead atoms. The molecular formula is C11H14N4O2. The molecule has 0 radical (unpaired) electrons. The van der Waals surface area contributed by atoms with Crippen LogP contribution in [-0.2, 0) is 4.79 Å². The van der Waals surface area contributed by atoms with Crippen LogP contribution in [0.2, 0.25) is 0 Å². The minimum Gasteiger partial charge on any atom is -0.481 e. The SMILES string of the molecule is CC(CCC(=O)O)CNc1nccnc1C#N. The smallest absolute Gasteiger partial charge is 0.303 e. The first-order valence-corrected chi connectivity index (χ1v) is 5.30. The quantitative estimate of drug-likeness (QED) is 0.768. The topological polar surface area (TPSA) is 98.9 Å². The van der Waals surface area contributed by atoms with Crippen molar-refractivity contribution in [3.8, 4) is 6.07 Å². The Hall–Kier alpha value is -2.16. The third-order valence-electron chi connectivity index (χ3n) is 2.27. The molecule has 1 rings (SSSR count). The van der Waals surface area contributed by atoms with Gasteiger partial charge in [-0.15, -0.1) is 0 Å². The van der Waals surface area contributed by atoms with Gasteiger partial charge in [0.1, 0.15) is 6.07 Å². The Labute approximate surface area is 99.3 Å². The summed E-state index contributed by atoms with van der Waals surface area (Å²) in [5, 5.41) is 20.3. The van der Waals surface area contributed by atoms with Gasteiger partial charge in [-0.3, -0.25) is 4.79 Å². The monoisotopic (exact) mass is 234 g/mol. The van der Waals surface area contributed by atoms with E-state index in [2.05, 4.69) is 15.3 Å². The first kappa shape index (κ1) is 12.9. The molecule has 17 heavy (non-hydrogen) atoms. The number of rotatable bonds is 6. The van der Waals surface area contributed by atoms with E-state index >= 15 is 0 Å². The van der Waals surface area contributed by atoms with Crippen LogP contribution in [0, 0.1) is 17.2 Å². The summed E-state index contributed by atoms with van der Waals surface area (Å²) in [6.45, 7) is 2.51. The van der Waals surface area contributed by atoms with Crippen LogP contribution >= 0.6 is 0 Å². The summed E-state index contributed by atoms with van der Waals surface area (Å²) in [7, 11) is 0. The molecule has 2 N–H and O–H groups in total. The summed E-state index contributed by atoms with van der Waals surface area (Å²) in [6.07, 6.45) is 3.70. The van der Waals surface area contributed by atoms with Crippen LogP contribution in [0.4, 0.5) is 5.82 Å². The van der Waals surface area contributed by atoms with Gasteiger partial charge < -0.3 is 10.4 Å². The molecule has 6 heteroatoms. The Morgan fingerprint density at radius 1 is 1.59 bits per heavy atom. The average Bonchev–Trinajstić information content (AvgIpc) is 2.34. The first-order chi connectivity index (χ1) is 8.13. The molecule has 1 unspecified atom stereocenters. The molecule has 0 aliphatic carbocycles. The lowest BCUT2D eigenvalue weighted by molar-refractivity contribution is -0.137. The standard InChI is InChI=1S/C11H14N4O2/c1-8(2-3-10(16)17)7-15-11-9(6-12)13-4-5-14-11/h4-5,8H,2-3,7H2,1H3,(H,14,15)(H,16,17). The second kappa shape index (κ2) is 6.43. The molecule has 1 aromatic rings. The summed E-state index contributed by atoms with van der Waals surface area (Å²) in [6, 6.07) is 1.94. The van der Waals surface area contributed by atoms with Crippen molar-refractivity contribution in [1.29, 1.82) is 5.26 Å². The number of carboxylic acid groups (broad SMARTS) is 1. The molecule has 0 fully saturated rings. The van der Waals surface area contributed by atoms with E-state index < -0.39 is 5.97 Å². The Balaban J connectivity index is 2.45. The van der Waals surface area contributed by atoms with Crippen LogP contribution in [0.5, 0.6) is 0 Å². The van der Waals surface area contributed by atoms with Gasteiger partial charge in [-0.2, -0.15) is 5.26 Å². The van der Waals surface area contributed by atoms with Crippen LogP contribution in [0.15, 0.2) is 12.4 Å². The van der Waals surface area contributed by atoms with Crippen LogP contribution < -0.4 is 5.32 Å². The number of nitriles is 1. The van der Waals surface area contributed by atoms with Gasteiger partial charge in [0.15, 0.2) is 11.5 Å². The van der Waals surface area contributed by atoms with Gasteiger partial charge in [-0.1, -0.05) is 6.92 Å². The summed E-state index contributed by atoms with van der Waals surface area (Å²) >= 11 is 0. The number of nitrogens with zero attached hydrogens (tertiary/aromatic N) is 3. The molecule has 0 aliphatic rings. The summed E-state index contributed by atoms with van der Waals surface area (Å²) < 4.78 is 0. The highest BCUT2D eigenvalue weighted by atomic mass is 16.4. The normalized spacial score (nSPS) is 11.5. The molecule has 0 saturated heterocycles. The van der Waals surface area contributed by atoms with Crippen molar-refractivity contribution in [1.82, 2.24) is 9.97 Å². The summed E-state index contributed by atoms with van der Waals surface area (Å²) in [4.78, 5) is 18.3. The third-order valence-corrected chi connectivity index (χ3v) is 2.27. The third kappa shape index (κ3) is 4.47. The van der Waals surface area contributed by atoms with Crippen molar-refractivity contribution < 1.29 is 9.90 Å². The number of carboxylic acids is 1. The second-order valence-electron chi connectivity index (χ2n) is 3.78. The van der Waals surface area contributed by atoms with Crippen molar-refractivity contribution in [2.24, 2.45) is 5.92 Å². The van der Waals surface area contributed by atoms with Gasteiger partial charge in [0.05, 0.1) is 0 Å². The molecular weight excluding hydrogens is 220 g/mol. The summed E-state index contributed by atoms with van der Waals surface area (Å²) in [5.74, 6) is -0.161. The maximum atomic E-state index is 10.4. The molecule has 0 aliphatic heterocycles. The fourth-order valence-electron chi connectivity index (χ4n) is 1.29. The van der Waals surface area contributed by atoms with E-state index in [1.165, 1.54) is 12.4 Å². The second-order valence-corrected chi connectivity index (χ2v) is 3.78. The van der Waals surface area contributed by atoms with E-state index in [9.17, 15) is 4.79 Å². The first-order valence-electron chi connectivity index (χ1n) is 5.30. The number of aromatic nitrogens is 2. The zero-order chi connectivity index (χ0) is 12.7. The number of hydrogen-bond acceptors (Lipinski definition) is 5. The zero-order valence-electron chi connectivity index (χ0n) is 9.55. The molecule has 0 amide bonds. The minimum atomic E-state index is -0.797. The molecule has 90 valence electrons. The molecule has 0 spiro atoms. The maximum absolute atomic E-state index is 10.4. The zero-order valence-corrected chi connectivity index (χ0v) is 9.55. The predicted octanol–water partition coefficient (Wildman–Crippen LogP) is 1.26. The Morgan fingerprint density at radius 3 is 2.94 bits per heavy atom. The maximum Gasteiger partial charge on any atom is 0.303 e. The fourth-order valence-corrected chi connectivity index (χ4v) is 1.29. The van der Waals surface area contributed by atoms with Crippen molar-refractivity contribution >= 4 is 11.8 Å². The van der Waals surface area contributed by atoms with Crippen LogP contribution in [-0.4, -0.2) is 27.6 Å². The number of hydrogen-bond donors (Lipinski definition) is 2. The summed E-state index contributed by atoms with van der Waals surface area (Å²) in [5.41, 5.74) is 0.248. The van der Waals surface area contributed by atoms with E-state index in [0.717, 1.165) is 0 Å². The lowest BCUT2D eigenvalue weighted by Gasteiger charge is -2.11. The van der Waals surface area contributed by atoms with E-state index in [1.54, 1.807) is 0 Å². The lowest BCUT2D eigenvalue weighted by atomic mass is 10.1. The minimum absolute atomic E-state index is 0.147. The molecule has 0 saturated carbocycles. The van der Waals surface area contributed by atoms with Crippen LogP contribution in [0.25, 0.3) is 0 Å². The molecule has 1 atom stereocenters. The Kier molecular flexibility index (Phi) is 4.88. The van der Waals surface area contributed by atoms with Gasteiger partial charge >= 0.3 is 5.97 Å². The van der Waals surface area contributed by atoms with Gasteiger partial charge in [0.25, 0.3) is 0 Å². The number of anilines is 1. The average molecular weight is 234 g/mol. The van der Waals surface area contributed by atoms with Crippen molar-refractivity contribution in [2.45, 2.75) is 19.8 Å². The molecule has 0 aromatic carbocycles. The Bertz CT molecular complexity index is 428. The van der Waals surface area contributed by atoms with E-state index in [0.29, 0.717) is 18.8 Å². The van der Waals surface area contributed by atoms with Crippen molar-refractivity contribution in [2.75, 3.05) is 11.9 Å². The van der Waals surface area contributed by atoms with Crippen molar-refractivity contribution in [3.63, 3.8) is 0 Å². The Morgan fingerprint density at radius 2 is 2.29 bits per heavy atom. The highest BCUT2D eigenvalue weighted by Crippen LogP contribution is 2.10. The number of aliphatic carboxylic acids is 1. The molecule has 1 aromatic heterocycles. The van der Waals surface area contributed by atoms with E-state index in [4.69, 9.17) is 10.4 Å². The van der Waals surface area contributed by atoms with Gasteiger partial charge in [-0.25, -0.2) is 9.97 Å². The number of carbonyl (C=O) groups is 1. The van der Waals surface area contributed by atoms with Crippen molar-refractivity contribution in [3.05, 3.63) is 18.1 Å². The van der Waals surface area contributed by atoms with Crippen LogP contribution in [0.1, 0.15) is 25.5 Å². The lowest BCUT2D eigenvalue weighted by Crippen LogP contribution is -2.14.